The van der Waals surface area contributed by atoms with Gasteiger partial charge in [0, 0.05) is 24.9 Å². The lowest BCUT2D eigenvalue weighted by molar-refractivity contribution is 0.570. The molecule has 2 rings (SSSR count). The number of aromatic nitrogens is 3. The average molecular weight is 290 g/mol. The summed E-state index contributed by atoms with van der Waals surface area (Å²) in [5.41, 5.74) is 1.75. The van der Waals surface area contributed by atoms with E-state index >= 15 is 0 Å². The maximum Gasteiger partial charge on any atom is 0.150 e. The second kappa shape index (κ2) is 7.31. The molecule has 0 aliphatic rings. The molecule has 1 N–H and O–H groups in total. The summed E-state index contributed by atoms with van der Waals surface area (Å²) in [6, 6.07) is 5.26. The summed E-state index contributed by atoms with van der Waals surface area (Å²) in [6.07, 6.45) is 1.59. The Balaban J connectivity index is 2.23. The second-order valence-electron chi connectivity index (χ2n) is 5.02. The predicted octanol–water partition coefficient (Wildman–Crippen LogP) is 2.70. The first-order chi connectivity index (χ1) is 10.2. The Morgan fingerprint density at radius 2 is 2.00 bits per heavy atom. The fraction of sp³-hybridized carbons (Fsp3) is 0.500. The van der Waals surface area contributed by atoms with Crippen LogP contribution >= 0.6 is 0 Å². The van der Waals surface area contributed by atoms with E-state index in [1.54, 1.807) is 0 Å². The molecule has 114 valence electrons. The Morgan fingerprint density at radius 1 is 1.19 bits per heavy atom. The van der Waals surface area contributed by atoms with Gasteiger partial charge < -0.3 is 5.32 Å². The van der Waals surface area contributed by atoms with Crippen molar-refractivity contribution in [2.45, 2.75) is 46.7 Å². The smallest absolute Gasteiger partial charge is 0.150 e. The van der Waals surface area contributed by atoms with Gasteiger partial charge in [-0.05, 0) is 24.2 Å². The van der Waals surface area contributed by atoms with E-state index in [9.17, 15) is 4.39 Å². The molecular weight excluding hydrogens is 267 g/mol. The topological polar surface area (TPSA) is 42.7 Å². The van der Waals surface area contributed by atoms with Crippen LogP contribution in [0.15, 0.2) is 18.2 Å². The van der Waals surface area contributed by atoms with Crippen LogP contribution in [0.25, 0.3) is 0 Å². The van der Waals surface area contributed by atoms with Crippen molar-refractivity contribution in [2.24, 2.45) is 0 Å². The first-order valence-electron chi connectivity index (χ1n) is 7.58. The third-order valence-electron chi connectivity index (χ3n) is 3.43. The molecule has 4 nitrogen and oxygen atoms in total. The molecule has 0 aliphatic carbocycles. The predicted molar refractivity (Wildman–Crippen MR) is 81.7 cm³/mol. The van der Waals surface area contributed by atoms with Gasteiger partial charge in [-0.25, -0.2) is 14.1 Å². The summed E-state index contributed by atoms with van der Waals surface area (Å²) in [6.45, 7) is 8.20. The molecule has 0 saturated heterocycles. The molecule has 0 bridgehead atoms. The van der Waals surface area contributed by atoms with Gasteiger partial charge in [-0.15, -0.1) is 0 Å². The van der Waals surface area contributed by atoms with Crippen molar-refractivity contribution in [3.63, 3.8) is 0 Å². The summed E-state index contributed by atoms with van der Waals surface area (Å²) in [4.78, 5) is 4.46. The number of aryl methyl sites for hydroxylation is 2. The van der Waals surface area contributed by atoms with Crippen LogP contribution < -0.4 is 5.32 Å². The van der Waals surface area contributed by atoms with Crippen molar-refractivity contribution in [1.29, 1.82) is 0 Å². The Morgan fingerprint density at radius 3 is 2.67 bits per heavy atom. The molecule has 2 aromatic rings. The normalized spacial score (nSPS) is 11.0. The number of nitrogens with zero attached hydrogens (tertiary/aromatic N) is 3. The van der Waals surface area contributed by atoms with Gasteiger partial charge in [0.2, 0.25) is 0 Å². The molecule has 0 spiro atoms. The Hall–Kier alpha value is -1.75. The number of benzene rings is 1. The van der Waals surface area contributed by atoms with E-state index in [2.05, 4.69) is 22.3 Å². The van der Waals surface area contributed by atoms with Crippen molar-refractivity contribution in [1.82, 2.24) is 20.1 Å². The van der Waals surface area contributed by atoms with Crippen molar-refractivity contribution in [3.8, 4) is 0 Å². The van der Waals surface area contributed by atoms with E-state index in [0.29, 0.717) is 12.1 Å². The van der Waals surface area contributed by atoms with Gasteiger partial charge in [0.05, 0.1) is 6.54 Å². The lowest BCUT2D eigenvalue weighted by Crippen LogP contribution is -2.13. The highest BCUT2D eigenvalue weighted by Gasteiger charge is 2.10. The SMILES string of the molecule is CCNCc1ccc(F)c(Cn2nc(CC)nc2CC)c1. The number of hydrogen-bond donors (Lipinski definition) is 1. The molecule has 0 fully saturated rings. The zero-order chi connectivity index (χ0) is 15.2. The third kappa shape index (κ3) is 3.88. The van der Waals surface area contributed by atoms with Gasteiger partial charge in [-0.1, -0.05) is 26.8 Å². The van der Waals surface area contributed by atoms with Crippen molar-refractivity contribution < 1.29 is 4.39 Å². The molecule has 1 heterocycles. The van der Waals surface area contributed by atoms with Crippen LogP contribution in [-0.2, 0) is 25.9 Å². The van der Waals surface area contributed by atoms with Crippen LogP contribution in [0.5, 0.6) is 0 Å². The van der Waals surface area contributed by atoms with Crippen molar-refractivity contribution in [2.75, 3.05) is 6.54 Å². The molecule has 0 aliphatic heterocycles. The molecule has 1 aromatic carbocycles. The maximum atomic E-state index is 14.0. The van der Waals surface area contributed by atoms with Crippen LogP contribution in [0, 0.1) is 5.82 Å². The van der Waals surface area contributed by atoms with Crippen LogP contribution in [0.2, 0.25) is 0 Å². The summed E-state index contributed by atoms with van der Waals surface area (Å²) in [5, 5.41) is 7.70. The van der Waals surface area contributed by atoms with Crippen LogP contribution in [-0.4, -0.2) is 21.3 Å². The first-order valence-corrected chi connectivity index (χ1v) is 7.58. The van der Waals surface area contributed by atoms with E-state index in [4.69, 9.17) is 0 Å². The van der Waals surface area contributed by atoms with E-state index in [1.807, 2.05) is 30.7 Å². The summed E-state index contributed by atoms with van der Waals surface area (Å²) < 4.78 is 15.8. The minimum atomic E-state index is -0.189. The van der Waals surface area contributed by atoms with Crippen LogP contribution in [0.3, 0.4) is 0 Å². The number of halogens is 1. The quantitative estimate of drug-likeness (QED) is 0.852. The number of hydrogen-bond acceptors (Lipinski definition) is 3. The highest BCUT2D eigenvalue weighted by molar-refractivity contribution is 5.25. The van der Waals surface area contributed by atoms with E-state index in [-0.39, 0.29) is 5.82 Å². The lowest BCUT2D eigenvalue weighted by Gasteiger charge is -2.09. The monoisotopic (exact) mass is 290 g/mol. The summed E-state index contributed by atoms with van der Waals surface area (Å²) >= 11 is 0. The maximum absolute atomic E-state index is 14.0. The molecule has 0 atom stereocenters. The zero-order valence-corrected chi connectivity index (χ0v) is 13.0. The highest BCUT2D eigenvalue weighted by Crippen LogP contribution is 2.13. The highest BCUT2D eigenvalue weighted by atomic mass is 19.1. The molecule has 0 amide bonds. The largest absolute Gasteiger partial charge is 0.313 e. The molecule has 0 saturated carbocycles. The zero-order valence-electron chi connectivity index (χ0n) is 13.0. The van der Waals surface area contributed by atoms with Gasteiger partial charge in [-0.2, -0.15) is 5.10 Å². The Bertz CT molecular complexity index is 592. The average Bonchev–Trinajstić information content (AvgIpc) is 2.90. The second-order valence-corrected chi connectivity index (χ2v) is 5.02. The standard InChI is InChI=1S/C16H23FN4/c1-4-15-19-16(5-2)21(20-15)11-13-9-12(10-18-6-3)7-8-14(13)17/h7-9,18H,4-6,10-11H2,1-3H3. The fourth-order valence-electron chi connectivity index (χ4n) is 2.25. The van der Waals surface area contributed by atoms with E-state index in [1.165, 1.54) is 6.07 Å². The first kappa shape index (κ1) is 15.6. The molecule has 21 heavy (non-hydrogen) atoms. The van der Waals surface area contributed by atoms with E-state index < -0.39 is 0 Å². The van der Waals surface area contributed by atoms with Gasteiger partial charge >= 0.3 is 0 Å². The number of rotatable bonds is 7. The Labute approximate surface area is 125 Å². The van der Waals surface area contributed by atoms with Gasteiger partial charge in [-0.3, -0.25) is 0 Å². The van der Waals surface area contributed by atoms with Crippen molar-refractivity contribution >= 4 is 0 Å². The summed E-state index contributed by atoms with van der Waals surface area (Å²) in [5.74, 6) is 1.53. The van der Waals surface area contributed by atoms with Crippen LogP contribution in [0.1, 0.15) is 43.5 Å². The molecule has 0 radical (unpaired) electrons. The molecule has 0 unspecified atom stereocenters. The van der Waals surface area contributed by atoms with Crippen LogP contribution in [0.4, 0.5) is 4.39 Å². The number of nitrogens with one attached hydrogen (secondary N) is 1. The van der Waals surface area contributed by atoms with E-state index in [0.717, 1.165) is 43.1 Å². The minimum absolute atomic E-state index is 0.189. The fourth-order valence-corrected chi connectivity index (χ4v) is 2.25. The molecule has 1 aromatic heterocycles. The van der Waals surface area contributed by atoms with Gasteiger partial charge in [0.25, 0.3) is 0 Å². The summed E-state index contributed by atoms with van der Waals surface area (Å²) in [7, 11) is 0. The Kier molecular flexibility index (Phi) is 5.44. The lowest BCUT2D eigenvalue weighted by atomic mass is 10.1. The van der Waals surface area contributed by atoms with Gasteiger partial charge in [0.15, 0.2) is 5.82 Å². The minimum Gasteiger partial charge on any atom is -0.313 e. The molecule has 5 heteroatoms. The van der Waals surface area contributed by atoms with Gasteiger partial charge in [0.1, 0.15) is 11.6 Å². The third-order valence-corrected chi connectivity index (χ3v) is 3.43. The van der Waals surface area contributed by atoms with Crippen molar-refractivity contribution in [3.05, 3.63) is 46.8 Å². The molecular formula is C16H23FN4.